The van der Waals surface area contributed by atoms with E-state index in [1.54, 1.807) is 0 Å². The first kappa shape index (κ1) is 16.3. The van der Waals surface area contributed by atoms with Crippen molar-refractivity contribution in [3.63, 3.8) is 0 Å². The number of urea groups is 1. The Morgan fingerprint density at radius 2 is 1.93 bits per heavy atom. The van der Waals surface area contributed by atoms with Crippen LogP contribution in [0.5, 0.6) is 0 Å². The Hall–Kier alpha value is -2.67. The third kappa shape index (κ3) is 2.57. The minimum absolute atomic E-state index is 0.0431. The molecule has 1 N–H and O–H groups in total. The number of likely N-dealkylation sites (tertiary alicyclic amines) is 1. The summed E-state index contributed by atoms with van der Waals surface area (Å²) in [7, 11) is 0. The second-order valence-corrected chi connectivity index (χ2v) is 8.37. The van der Waals surface area contributed by atoms with Gasteiger partial charge in [0.25, 0.3) is 5.89 Å². The highest BCUT2D eigenvalue weighted by atomic mass is 16.5. The molecule has 4 unspecified atom stereocenters. The number of anilines is 1. The van der Waals surface area contributed by atoms with Crippen molar-refractivity contribution in [3.8, 4) is 11.5 Å². The van der Waals surface area contributed by atoms with Gasteiger partial charge in [-0.15, -0.1) is 0 Å². The lowest BCUT2D eigenvalue weighted by atomic mass is 9.86. The zero-order chi connectivity index (χ0) is 18.8. The minimum atomic E-state index is -0.0431. The molecule has 3 aliphatic heterocycles. The van der Waals surface area contributed by atoms with Gasteiger partial charge in [0.15, 0.2) is 5.82 Å². The van der Waals surface area contributed by atoms with E-state index >= 15 is 0 Å². The molecule has 1 saturated carbocycles. The summed E-state index contributed by atoms with van der Waals surface area (Å²) < 4.78 is 11.3. The average Bonchev–Trinajstić information content (AvgIpc) is 3.12. The predicted molar refractivity (Wildman–Crippen MR) is 102 cm³/mol. The summed E-state index contributed by atoms with van der Waals surface area (Å²) in [5, 5.41) is 7.14. The van der Waals surface area contributed by atoms with Gasteiger partial charge < -0.3 is 19.5 Å². The highest BCUT2D eigenvalue weighted by molar-refractivity contribution is 5.90. The number of fused-ring (bicyclic) bond motifs is 5. The van der Waals surface area contributed by atoms with Gasteiger partial charge in [-0.1, -0.05) is 17.3 Å². The van der Waals surface area contributed by atoms with Crippen molar-refractivity contribution >= 4 is 11.7 Å². The van der Waals surface area contributed by atoms with Crippen molar-refractivity contribution in [1.29, 1.82) is 0 Å². The number of carbonyl (C=O) groups excluding carboxylic acids is 1. The highest BCUT2D eigenvalue weighted by Gasteiger charge is 2.51. The number of carbonyl (C=O) groups is 1. The van der Waals surface area contributed by atoms with Gasteiger partial charge in [-0.05, 0) is 43.5 Å². The molecular formula is C21H22N4O3. The number of aromatic nitrogens is 2. The summed E-state index contributed by atoms with van der Waals surface area (Å²) in [5.74, 6) is 2.67. The standard InChI is InChI=1S/C21H22N4O3/c1-11-8-13(20-23-19(24-28-20)12-2-3-12)4-5-16(11)22-21(26)25-9-14-15(10-25)18-7-6-17(14)27-18/h4-8,12,14-15,17-18H,2-3,9-10H2,1H3,(H,22,26). The summed E-state index contributed by atoms with van der Waals surface area (Å²) in [6.45, 7) is 3.49. The van der Waals surface area contributed by atoms with E-state index in [1.807, 2.05) is 30.0 Å². The monoisotopic (exact) mass is 378 g/mol. The van der Waals surface area contributed by atoms with Crippen LogP contribution in [0.4, 0.5) is 10.5 Å². The van der Waals surface area contributed by atoms with Crippen LogP contribution >= 0.6 is 0 Å². The van der Waals surface area contributed by atoms with Crippen LogP contribution < -0.4 is 5.32 Å². The van der Waals surface area contributed by atoms with E-state index in [9.17, 15) is 4.79 Å². The van der Waals surface area contributed by atoms with E-state index in [0.29, 0.717) is 23.6 Å². The lowest BCUT2D eigenvalue weighted by Crippen LogP contribution is -2.35. The Kier molecular flexibility index (Phi) is 3.44. The zero-order valence-corrected chi connectivity index (χ0v) is 15.7. The summed E-state index contributed by atoms with van der Waals surface area (Å²) in [4.78, 5) is 19.2. The first-order valence-corrected chi connectivity index (χ1v) is 10.00. The molecule has 1 aromatic carbocycles. The smallest absolute Gasteiger partial charge is 0.321 e. The average molecular weight is 378 g/mol. The van der Waals surface area contributed by atoms with Crippen LogP contribution in [0.15, 0.2) is 34.9 Å². The molecule has 2 amide bonds. The lowest BCUT2D eigenvalue weighted by molar-refractivity contribution is 0.0892. The molecule has 4 atom stereocenters. The molecule has 2 bridgehead atoms. The molecule has 0 spiro atoms. The maximum Gasteiger partial charge on any atom is 0.321 e. The Morgan fingerprint density at radius 3 is 2.61 bits per heavy atom. The van der Waals surface area contributed by atoms with Crippen LogP contribution in [0.2, 0.25) is 0 Å². The first-order chi connectivity index (χ1) is 13.7. The zero-order valence-electron chi connectivity index (χ0n) is 15.7. The third-order valence-corrected chi connectivity index (χ3v) is 6.45. The molecule has 0 radical (unpaired) electrons. The van der Waals surface area contributed by atoms with E-state index < -0.39 is 0 Å². The van der Waals surface area contributed by atoms with E-state index in [0.717, 1.165) is 48.6 Å². The van der Waals surface area contributed by atoms with Crippen LogP contribution in [0.3, 0.4) is 0 Å². The topological polar surface area (TPSA) is 80.5 Å². The maximum absolute atomic E-state index is 12.8. The molecule has 3 fully saturated rings. The fourth-order valence-corrected chi connectivity index (χ4v) is 4.68. The van der Waals surface area contributed by atoms with Crippen LogP contribution in [0.25, 0.3) is 11.5 Å². The van der Waals surface area contributed by atoms with E-state index in [4.69, 9.17) is 9.26 Å². The van der Waals surface area contributed by atoms with Crippen LogP contribution in [0.1, 0.15) is 30.1 Å². The Labute approximate surface area is 162 Å². The molecule has 144 valence electrons. The molecule has 2 saturated heterocycles. The van der Waals surface area contributed by atoms with E-state index in [-0.39, 0.29) is 18.2 Å². The molecule has 7 nitrogen and oxygen atoms in total. The minimum Gasteiger partial charge on any atom is -0.366 e. The maximum atomic E-state index is 12.8. The van der Waals surface area contributed by atoms with Crippen molar-refractivity contribution in [3.05, 3.63) is 41.7 Å². The lowest BCUT2D eigenvalue weighted by Gasteiger charge is -2.20. The molecule has 1 aromatic heterocycles. The fraction of sp³-hybridized carbons (Fsp3) is 0.476. The molecule has 2 aromatic rings. The Bertz CT molecular complexity index is 960. The highest BCUT2D eigenvalue weighted by Crippen LogP contribution is 2.43. The molecule has 4 aliphatic rings. The predicted octanol–water partition coefficient (Wildman–Crippen LogP) is 3.34. The number of nitrogens with zero attached hydrogens (tertiary/aromatic N) is 3. The number of nitrogens with one attached hydrogen (secondary N) is 1. The first-order valence-electron chi connectivity index (χ1n) is 10.00. The summed E-state index contributed by atoms with van der Waals surface area (Å²) in [6, 6.07) is 5.77. The van der Waals surface area contributed by atoms with Crippen molar-refractivity contribution in [2.75, 3.05) is 18.4 Å². The normalized spacial score (nSPS) is 30.1. The van der Waals surface area contributed by atoms with Crippen LogP contribution in [-0.2, 0) is 4.74 Å². The Morgan fingerprint density at radius 1 is 1.18 bits per heavy atom. The molecule has 6 rings (SSSR count). The molecule has 28 heavy (non-hydrogen) atoms. The number of hydrogen-bond donors (Lipinski definition) is 1. The number of rotatable bonds is 3. The Balaban J connectivity index is 1.15. The van der Waals surface area contributed by atoms with Gasteiger partial charge >= 0.3 is 6.03 Å². The number of ether oxygens (including phenoxy) is 1. The summed E-state index contributed by atoms with van der Waals surface area (Å²) >= 11 is 0. The van der Waals surface area contributed by atoms with E-state index in [1.165, 1.54) is 0 Å². The fourth-order valence-electron chi connectivity index (χ4n) is 4.68. The van der Waals surface area contributed by atoms with E-state index in [2.05, 4.69) is 27.6 Å². The number of hydrogen-bond acceptors (Lipinski definition) is 5. The number of benzene rings is 1. The molecular weight excluding hydrogens is 356 g/mol. The number of aryl methyl sites for hydroxylation is 1. The van der Waals surface area contributed by atoms with Crippen molar-refractivity contribution in [1.82, 2.24) is 15.0 Å². The van der Waals surface area contributed by atoms with Crippen molar-refractivity contribution in [2.24, 2.45) is 11.8 Å². The van der Waals surface area contributed by atoms with Gasteiger partial charge in [0.05, 0.1) is 12.2 Å². The molecule has 4 heterocycles. The number of amides is 2. The third-order valence-electron chi connectivity index (χ3n) is 6.45. The second-order valence-electron chi connectivity index (χ2n) is 8.37. The summed E-state index contributed by atoms with van der Waals surface area (Å²) in [5.41, 5.74) is 2.66. The summed E-state index contributed by atoms with van der Waals surface area (Å²) in [6.07, 6.45) is 6.94. The van der Waals surface area contributed by atoms with Crippen molar-refractivity contribution in [2.45, 2.75) is 37.9 Å². The molecule has 1 aliphatic carbocycles. The quantitative estimate of drug-likeness (QED) is 0.829. The van der Waals surface area contributed by atoms with Gasteiger partial charge in [0.2, 0.25) is 0 Å². The van der Waals surface area contributed by atoms with Gasteiger partial charge in [-0.2, -0.15) is 4.98 Å². The van der Waals surface area contributed by atoms with Crippen LogP contribution in [0, 0.1) is 18.8 Å². The van der Waals surface area contributed by atoms with Crippen LogP contribution in [-0.4, -0.2) is 46.4 Å². The molecule has 7 heteroatoms. The SMILES string of the molecule is Cc1cc(-c2nc(C3CC3)no2)ccc1NC(=O)N1CC2C3C=CC(O3)C2C1. The second kappa shape index (κ2) is 5.91. The largest absolute Gasteiger partial charge is 0.366 e. The van der Waals surface area contributed by atoms with Gasteiger partial charge in [0.1, 0.15) is 0 Å². The van der Waals surface area contributed by atoms with Gasteiger partial charge in [-0.25, -0.2) is 4.79 Å². The van der Waals surface area contributed by atoms with Crippen molar-refractivity contribution < 1.29 is 14.1 Å². The van der Waals surface area contributed by atoms with Gasteiger partial charge in [-0.3, -0.25) is 0 Å². The van der Waals surface area contributed by atoms with Gasteiger partial charge in [0, 0.05) is 42.1 Å².